The number of hydrogen-bond donors (Lipinski definition) is 1. The van der Waals surface area contributed by atoms with E-state index in [1.54, 1.807) is 11.1 Å². The van der Waals surface area contributed by atoms with Crippen LogP contribution in [0.4, 0.5) is 10.8 Å². The number of oxazole rings is 1. The van der Waals surface area contributed by atoms with Gasteiger partial charge in [-0.2, -0.15) is 0 Å². The highest BCUT2D eigenvalue weighted by Gasteiger charge is 2.31. The lowest BCUT2D eigenvalue weighted by Gasteiger charge is -2.33. The lowest BCUT2D eigenvalue weighted by atomic mass is 9.98. The van der Waals surface area contributed by atoms with Crippen molar-refractivity contribution in [1.82, 2.24) is 9.88 Å². The normalized spacial score (nSPS) is 15.9. The molecule has 1 aliphatic heterocycles. The Morgan fingerprint density at radius 2 is 1.53 bits per heavy atom. The SMILES string of the molecule is O=C(OCC1c2ccccc2-c2ccccc21)N1CCN(c2ncc([C@@H](O)c3ccccc3)o2)CC1. The lowest BCUT2D eigenvalue weighted by molar-refractivity contribution is 0.0972. The minimum Gasteiger partial charge on any atom is -0.448 e. The molecule has 7 heteroatoms. The Bertz CT molecular complexity index is 1320. The number of aromatic nitrogens is 1. The van der Waals surface area contributed by atoms with E-state index in [9.17, 15) is 9.90 Å². The second kappa shape index (κ2) is 9.51. The molecule has 1 atom stereocenters. The van der Waals surface area contributed by atoms with E-state index in [1.807, 2.05) is 59.5 Å². The lowest BCUT2D eigenvalue weighted by Crippen LogP contribution is -2.49. The molecule has 1 fully saturated rings. The molecule has 7 nitrogen and oxygen atoms in total. The van der Waals surface area contributed by atoms with Gasteiger partial charge in [0.25, 0.3) is 6.01 Å². The molecule has 6 rings (SSSR count). The quantitative estimate of drug-likeness (QED) is 0.440. The van der Waals surface area contributed by atoms with Gasteiger partial charge < -0.3 is 24.1 Å². The number of aliphatic hydroxyl groups excluding tert-OH is 1. The minimum atomic E-state index is -0.866. The molecule has 1 aliphatic carbocycles. The molecule has 36 heavy (non-hydrogen) atoms. The maximum absolute atomic E-state index is 12.9. The van der Waals surface area contributed by atoms with Crippen molar-refractivity contribution in [2.75, 3.05) is 37.7 Å². The number of aliphatic hydroxyl groups is 1. The van der Waals surface area contributed by atoms with Gasteiger partial charge in [-0.3, -0.25) is 0 Å². The fourth-order valence-corrected chi connectivity index (χ4v) is 5.11. The van der Waals surface area contributed by atoms with Crippen LogP contribution in [0.2, 0.25) is 0 Å². The average molecular weight is 482 g/mol. The van der Waals surface area contributed by atoms with Gasteiger partial charge in [0.05, 0.1) is 6.20 Å². The van der Waals surface area contributed by atoms with Crippen LogP contribution in [-0.2, 0) is 4.74 Å². The van der Waals surface area contributed by atoms with Crippen molar-refractivity contribution in [3.63, 3.8) is 0 Å². The van der Waals surface area contributed by atoms with Crippen molar-refractivity contribution in [2.24, 2.45) is 0 Å². The number of amides is 1. The number of carbonyl (C=O) groups is 1. The van der Waals surface area contributed by atoms with E-state index in [4.69, 9.17) is 9.15 Å². The first-order valence-corrected chi connectivity index (χ1v) is 12.2. The van der Waals surface area contributed by atoms with Gasteiger partial charge in [0.2, 0.25) is 0 Å². The van der Waals surface area contributed by atoms with Crippen molar-refractivity contribution in [3.05, 3.63) is 108 Å². The van der Waals surface area contributed by atoms with Gasteiger partial charge in [0, 0.05) is 32.1 Å². The van der Waals surface area contributed by atoms with Gasteiger partial charge in [-0.05, 0) is 27.8 Å². The highest BCUT2D eigenvalue weighted by molar-refractivity contribution is 5.79. The van der Waals surface area contributed by atoms with Gasteiger partial charge in [0.15, 0.2) is 5.76 Å². The Kier molecular flexibility index (Phi) is 5.91. The number of nitrogens with zero attached hydrogens (tertiary/aromatic N) is 3. The van der Waals surface area contributed by atoms with Crippen LogP contribution in [-0.4, -0.2) is 53.9 Å². The molecule has 0 unspecified atom stereocenters. The topological polar surface area (TPSA) is 79.0 Å². The number of carbonyl (C=O) groups excluding carboxylic acids is 1. The van der Waals surface area contributed by atoms with E-state index in [-0.39, 0.29) is 12.0 Å². The first kappa shape index (κ1) is 22.4. The van der Waals surface area contributed by atoms with Crippen LogP contribution in [0.5, 0.6) is 0 Å². The first-order valence-electron chi connectivity index (χ1n) is 12.2. The predicted molar refractivity (Wildman–Crippen MR) is 136 cm³/mol. The summed E-state index contributed by atoms with van der Waals surface area (Å²) in [6, 6.07) is 26.4. The van der Waals surface area contributed by atoms with Gasteiger partial charge in [-0.25, -0.2) is 9.78 Å². The molecule has 2 heterocycles. The molecular formula is C29H27N3O4. The number of rotatable bonds is 5. The highest BCUT2D eigenvalue weighted by Crippen LogP contribution is 2.44. The van der Waals surface area contributed by atoms with Crippen LogP contribution in [0.25, 0.3) is 11.1 Å². The zero-order valence-electron chi connectivity index (χ0n) is 19.8. The van der Waals surface area contributed by atoms with Crippen molar-refractivity contribution in [2.45, 2.75) is 12.0 Å². The van der Waals surface area contributed by atoms with Gasteiger partial charge in [-0.15, -0.1) is 0 Å². The average Bonchev–Trinajstić information content (AvgIpc) is 3.56. The van der Waals surface area contributed by atoms with E-state index in [1.165, 1.54) is 22.3 Å². The number of benzene rings is 3. The second-order valence-electron chi connectivity index (χ2n) is 9.14. The third-order valence-corrected chi connectivity index (χ3v) is 7.04. The Labute approximate surface area is 209 Å². The zero-order chi connectivity index (χ0) is 24.5. The number of piperazine rings is 1. The standard InChI is InChI=1S/C29H27N3O4/c33-27(20-8-2-1-3-9-20)26-18-30-28(36-26)31-14-16-32(17-15-31)29(34)35-19-25-23-12-6-4-10-21(23)22-11-5-7-13-24(22)25/h1-13,18,25,27,33H,14-17,19H2/t27-/m0/s1. The molecule has 2 aliphatic rings. The van der Waals surface area contributed by atoms with Crippen LogP contribution >= 0.6 is 0 Å². The third-order valence-electron chi connectivity index (χ3n) is 7.04. The van der Waals surface area contributed by atoms with Crippen molar-refractivity contribution >= 4 is 12.1 Å². The van der Waals surface area contributed by atoms with Crippen LogP contribution < -0.4 is 4.90 Å². The first-order chi connectivity index (χ1) is 17.7. The molecule has 182 valence electrons. The number of ether oxygens (including phenoxy) is 1. The van der Waals surface area contributed by atoms with Crippen LogP contribution in [0.3, 0.4) is 0 Å². The molecule has 1 amide bonds. The van der Waals surface area contributed by atoms with E-state index in [0.29, 0.717) is 44.6 Å². The maximum atomic E-state index is 12.9. The molecule has 4 aromatic rings. The summed E-state index contributed by atoms with van der Waals surface area (Å²) in [5.41, 5.74) is 5.58. The molecule has 0 bridgehead atoms. The van der Waals surface area contributed by atoms with E-state index >= 15 is 0 Å². The van der Waals surface area contributed by atoms with Crippen LogP contribution in [0.1, 0.15) is 34.5 Å². The summed E-state index contributed by atoms with van der Waals surface area (Å²) in [5, 5.41) is 10.6. The monoisotopic (exact) mass is 481 g/mol. The van der Waals surface area contributed by atoms with Crippen LogP contribution in [0, 0.1) is 0 Å². The summed E-state index contributed by atoms with van der Waals surface area (Å²) in [5.74, 6) is 0.444. The summed E-state index contributed by atoms with van der Waals surface area (Å²) in [6.45, 7) is 2.48. The summed E-state index contributed by atoms with van der Waals surface area (Å²) < 4.78 is 11.6. The van der Waals surface area contributed by atoms with Gasteiger partial charge in [0.1, 0.15) is 12.7 Å². The highest BCUT2D eigenvalue weighted by atomic mass is 16.6. The van der Waals surface area contributed by atoms with Gasteiger partial charge >= 0.3 is 6.09 Å². The fourth-order valence-electron chi connectivity index (χ4n) is 5.11. The third kappa shape index (κ3) is 4.12. The van der Waals surface area contributed by atoms with Crippen molar-refractivity contribution in [3.8, 4) is 11.1 Å². The summed E-state index contributed by atoms with van der Waals surface area (Å²) in [6.07, 6.45) is 0.393. The van der Waals surface area contributed by atoms with Gasteiger partial charge in [-0.1, -0.05) is 78.9 Å². The Morgan fingerprint density at radius 1 is 0.917 bits per heavy atom. The molecule has 0 spiro atoms. The minimum absolute atomic E-state index is 0.0458. The summed E-state index contributed by atoms with van der Waals surface area (Å²) in [4.78, 5) is 20.9. The number of fused-ring (bicyclic) bond motifs is 3. The van der Waals surface area contributed by atoms with Crippen molar-refractivity contribution < 1.29 is 19.1 Å². The molecule has 1 aromatic heterocycles. The van der Waals surface area contributed by atoms with E-state index in [2.05, 4.69) is 29.2 Å². The Hall–Kier alpha value is -4.10. The summed E-state index contributed by atoms with van der Waals surface area (Å²) in [7, 11) is 0. The Balaban J connectivity index is 1.06. The molecule has 0 saturated carbocycles. The largest absolute Gasteiger partial charge is 0.448 e. The van der Waals surface area contributed by atoms with Crippen LogP contribution in [0.15, 0.2) is 89.5 Å². The molecular weight excluding hydrogens is 454 g/mol. The molecule has 3 aromatic carbocycles. The molecule has 1 saturated heterocycles. The Morgan fingerprint density at radius 3 is 2.19 bits per heavy atom. The number of anilines is 1. The number of hydrogen-bond acceptors (Lipinski definition) is 6. The smallest absolute Gasteiger partial charge is 0.409 e. The van der Waals surface area contributed by atoms with E-state index < -0.39 is 6.10 Å². The zero-order valence-corrected chi connectivity index (χ0v) is 19.8. The fraction of sp³-hybridized carbons (Fsp3) is 0.241. The van der Waals surface area contributed by atoms with E-state index in [0.717, 1.165) is 5.56 Å². The maximum Gasteiger partial charge on any atom is 0.409 e. The predicted octanol–water partition coefficient (Wildman–Crippen LogP) is 4.83. The summed E-state index contributed by atoms with van der Waals surface area (Å²) >= 11 is 0. The van der Waals surface area contributed by atoms with Crippen molar-refractivity contribution in [1.29, 1.82) is 0 Å². The molecule has 0 radical (unpaired) electrons. The molecule has 1 N–H and O–H groups in total. The second-order valence-corrected chi connectivity index (χ2v) is 9.14.